The summed E-state index contributed by atoms with van der Waals surface area (Å²) < 4.78 is 13.7. The van der Waals surface area contributed by atoms with Gasteiger partial charge in [-0.25, -0.2) is 9.37 Å². The molecule has 1 aromatic carbocycles. The lowest BCUT2D eigenvalue weighted by Gasteiger charge is -2.08. The van der Waals surface area contributed by atoms with Gasteiger partial charge in [-0.1, -0.05) is 11.6 Å². The van der Waals surface area contributed by atoms with E-state index in [0.717, 1.165) is 0 Å². The van der Waals surface area contributed by atoms with Crippen molar-refractivity contribution in [2.45, 2.75) is 0 Å². The fraction of sp³-hybridized carbons (Fsp3) is 0. The molecule has 0 aliphatic carbocycles. The van der Waals surface area contributed by atoms with Crippen LogP contribution < -0.4 is 10.9 Å². The van der Waals surface area contributed by atoms with Crippen LogP contribution in [0.2, 0.25) is 5.02 Å². The lowest BCUT2D eigenvalue weighted by atomic mass is 10.3. The zero-order chi connectivity index (χ0) is 12.4. The number of nitrogens with one attached hydrogen (secondary N) is 2. The highest BCUT2D eigenvalue weighted by Crippen LogP contribution is 2.27. The van der Waals surface area contributed by atoms with Crippen LogP contribution >= 0.6 is 27.5 Å². The summed E-state index contributed by atoms with van der Waals surface area (Å²) in [7, 11) is 0. The Labute approximate surface area is 109 Å². The van der Waals surface area contributed by atoms with E-state index in [1.165, 1.54) is 18.5 Å². The minimum atomic E-state index is -0.461. The first-order valence-electron chi connectivity index (χ1n) is 4.53. The summed E-state index contributed by atoms with van der Waals surface area (Å²) in [5.41, 5.74) is -0.0262. The number of nitrogens with zero attached hydrogens (tertiary/aromatic N) is 1. The second kappa shape index (κ2) is 4.85. The maximum atomic E-state index is 13.0. The zero-order valence-electron chi connectivity index (χ0n) is 8.30. The normalized spacial score (nSPS) is 10.3. The van der Waals surface area contributed by atoms with Crippen LogP contribution in [0.5, 0.6) is 0 Å². The summed E-state index contributed by atoms with van der Waals surface area (Å²) in [6, 6.07) is 4.12. The molecule has 2 rings (SSSR count). The van der Waals surface area contributed by atoms with Crippen LogP contribution in [0.4, 0.5) is 15.9 Å². The highest BCUT2D eigenvalue weighted by molar-refractivity contribution is 9.10. The highest BCUT2D eigenvalue weighted by Gasteiger charge is 2.08. The Balaban J connectivity index is 2.41. The van der Waals surface area contributed by atoms with E-state index < -0.39 is 11.4 Å². The molecule has 0 atom stereocenters. The number of H-pyrrole nitrogens is 1. The van der Waals surface area contributed by atoms with Crippen molar-refractivity contribution >= 4 is 39.0 Å². The molecule has 0 spiro atoms. The van der Waals surface area contributed by atoms with E-state index in [1.54, 1.807) is 6.07 Å². The molecule has 7 heteroatoms. The van der Waals surface area contributed by atoms with Gasteiger partial charge in [0.25, 0.3) is 5.56 Å². The molecule has 0 saturated heterocycles. The van der Waals surface area contributed by atoms with Crippen molar-refractivity contribution in [2.75, 3.05) is 5.32 Å². The van der Waals surface area contributed by atoms with Gasteiger partial charge in [0, 0.05) is 4.47 Å². The van der Waals surface area contributed by atoms with Gasteiger partial charge in [0.15, 0.2) is 5.82 Å². The third-order valence-corrected chi connectivity index (χ3v) is 3.02. The number of aromatic nitrogens is 2. The predicted octanol–water partition coefficient (Wildman–Crippen LogP) is 3.07. The number of benzene rings is 1. The Kier molecular flexibility index (Phi) is 3.44. The zero-order valence-corrected chi connectivity index (χ0v) is 10.6. The smallest absolute Gasteiger partial charge is 0.271 e. The van der Waals surface area contributed by atoms with Gasteiger partial charge in [0.2, 0.25) is 0 Å². The average molecular weight is 319 g/mol. The van der Waals surface area contributed by atoms with E-state index in [9.17, 15) is 9.18 Å². The van der Waals surface area contributed by atoms with E-state index in [2.05, 4.69) is 31.2 Å². The van der Waals surface area contributed by atoms with Crippen molar-refractivity contribution in [3.8, 4) is 0 Å². The van der Waals surface area contributed by atoms with Crippen LogP contribution in [0, 0.1) is 5.82 Å². The molecule has 0 fully saturated rings. The van der Waals surface area contributed by atoms with Gasteiger partial charge >= 0.3 is 0 Å². The Hall–Kier alpha value is -1.40. The SMILES string of the molecule is O=c1[nH]cnc(Nc2cc(F)ccc2Br)c1Cl. The Morgan fingerprint density at radius 1 is 1.47 bits per heavy atom. The minimum Gasteiger partial charge on any atom is -0.338 e. The summed E-state index contributed by atoms with van der Waals surface area (Å²) in [5.74, 6) is -0.238. The van der Waals surface area contributed by atoms with Crippen molar-refractivity contribution in [1.82, 2.24) is 9.97 Å². The molecule has 0 amide bonds. The maximum absolute atomic E-state index is 13.0. The third-order valence-electron chi connectivity index (χ3n) is 1.98. The molecule has 2 N–H and O–H groups in total. The average Bonchev–Trinajstić information content (AvgIpc) is 2.30. The monoisotopic (exact) mass is 317 g/mol. The molecule has 1 heterocycles. The fourth-order valence-corrected chi connectivity index (χ4v) is 1.69. The van der Waals surface area contributed by atoms with Gasteiger partial charge in [0.05, 0.1) is 12.0 Å². The van der Waals surface area contributed by atoms with Crippen LogP contribution in [-0.2, 0) is 0 Å². The van der Waals surface area contributed by atoms with Gasteiger partial charge in [-0.05, 0) is 34.1 Å². The predicted molar refractivity (Wildman–Crippen MR) is 67.3 cm³/mol. The first-order valence-corrected chi connectivity index (χ1v) is 5.70. The molecule has 2 aromatic rings. The van der Waals surface area contributed by atoms with Crippen LogP contribution in [0.15, 0.2) is 33.8 Å². The molecule has 0 aliphatic rings. The molecule has 4 nitrogen and oxygen atoms in total. The van der Waals surface area contributed by atoms with Crippen molar-refractivity contribution in [3.05, 3.63) is 50.2 Å². The van der Waals surface area contributed by atoms with Crippen molar-refractivity contribution in [2.24, 2.45) is 0 Å². The van der Waals surface area contributed by atoms with Crippen LogP contribution in [-0.4, -0.2) is 9.97 Å². The van der Waals surface area contributed by atoms with E-state index in [-0.39, 0.29) is 10.8 Å². The quantitative estimate of drug-likeness (QED) is 0.894. The van der Waals surface area contributed by atoms with Crippen molar-refractivity contribution < 1.29 is 4.39 Å². The van der Waals surface area contributed by atoms with Crippen LogP contribution in [0.25, 0.3) is 0 Å². The van der Waals surface area contributed by atoms with Crippen LogP contribution in [0.1, 0.15) is 0 Å². The molecule has 88 valence electrons. The van der Waals surface area contributed by atoms with E-state index >= 15 is 0 Å². The molecule has 17 heavy (non-hydrogen) atoms. The second-order valence-corrected chi connectivity index (χ2v) is 4.38. The van der Waals surface area contributed by atoms with Gasteiger partial charge in [-0.3, -0.25) is 4.79 Å². The summed E-state index contributed by atoms with van der Waals surface area (Å²) in [6.07, 6.45) is 1.21. The fourth-order valence-electron chi connectivity index (χ4n) is 1.19. The largest absolute Gasteiger partial charge is 0.338 e. The Bertz CT molecular complexity index is 617. The Morgan fingerprint density at radius 2 is 2.24 bits per heavy atom. The van der Waals surface area contributed by atoms with Gasteiger partial charge in [-0.2, -0.15) is 0 Å². The summed E-state index contributed by atoms with van der Waals surface area (Å²) in [4.78, 5) is 17.4. The van der Waals surface area contributed by atoms with Crippen molar-refractivity contribution in [1.29, 1.82) is 0 Å². The lowest BCUT2D eigenvalue weighted by molar-refractivity contribution is 0.628. The number of hydrogen-bond donors (Lipinski definition) is 2. The molecule has 1 aromatic heterocycles. The number of rotatable bonds is 2. The van der Waals surface area contributed by atoms with E-state index in [0.29, 0.717) is 10.2 Å². The van der Waals surface area contributed by atoms with Gasteiger partial charge in [0.1, 0.15) is 10.8 Å². The number of aromatic amines is 1. The van der Waals surface area contributed by atoms with Crippen LogP contribution in [0.3, 0.4) is 0 Å². The second-order valence-electron chi connectivity index (χ2n) is 3.14. The minimum absolute atomic E-state index is 0.0799. The van der Waals surface area contributed by atoms with E-state index in [4.69, 9.17) is 11.6 Å². The van der Waals surface area contributed by atoms with Gasteiger partial charge in [-0.15, -0.1) is 0 Å². The topological polar surface area (TPSA) is 57.8 Å². The molecule has 0 unspecified atom stereocenters. The molecule has 0 saturated carbocycles. The molecular weight excluding hydrogens is 312 g/mol. The van der Waals surface area contributed by atoms with E-state index in [1.807, 2.05) is 0 Å². The summed E-state index contributed by atoms with van der Waals surface area (Å²) in [5, 5.41) is 2.69. The number of anilines is 2. The summed E-state index contributed by atoms with van der Waals surface area (Å²) in [6.45, 7) is 0. The van der Waals surface area contributed by atoms with Gasteiger partial charge < -0.3 is 10.3 Å². The molecule has 0 aliphatic heterocycles. The molecular formula is C10H6BrClFN3O. The summed E-state index contributed by atoms with van der Waals surface area (Å²) >= 11 is 9.00. The lowest BCUT2D eigenvalue weighted by Crippen LogP contribution is -2.09. The number of halogens is 3. The first kappa shape index (κ1) is 12.1. The third kappa shape index (κ3) is 2.65. The standard InChI is InChI=1S/C10H6BrClFN3O/c11-6-2-1-5(13)3-7(6)16-9-8(12)10(17)15-4-14-9/h1-4H,(H2,14,15,16,17). The molecule has 0 radical (unpaired) electrons. The highest BCUT2D eigenvalue weighted by atomic mass is 79.9. The Morgan fingerprint density at radius 3 is 3.00 bits per heavy atom. The first-order chi connectivity index (χ1) is 8.08. The number of hydrogen-bond acceptors (Lipinski definition) is 3. The molecule has 0 bridgehead atoms. The maximum Gasteiger partial charge on any atom is 0.271 e. The van der Waals surface area contributed by atoms with Crippen molar-refractivity contribution in [3.63, 3.8) is 0 Å².